The molecular formula is C13H24N6O8. The number of nitrogens with two attached hydrogens (primary N) is 2. The summed E-state index contributed by atoms with van der Waals surface area (Å²) in [7, 11) is 0. The molecule has 0 saturated heterocycles. The van der Waals surface area contributed by atoms with E-state index in [9.17, 15) is 34.2 Å². The number of aliphatic hydroxyl groups is 2. The molecule has 0 aliphatic heterocycles. The first-order chi connectivity index (χ1) is 12.4. The van der Waals surface area contributed by atoms with Gasteiger partial charge in [-0.3, -0.25) is 25.2 Å². The number of aliphatic carboxylic acids is 1. The molecule has 0 aromatic rings. The average Bonchev–Trinajstić information content (AvgIpc) is 2.54. The Hall–Kier alpha value is -2.97. The van der Waals surface area contributed by atoms with Gasteiger partial charge in [0.1, 0.15) is 12.1 Å². The number of nitrogens with one attached hydrogen (secondary N) is 4. The van der Waals surface area contributed by atoms with Crippen molar-refractivity contribution in [2.45, 2.75) is 50.6 Å². The molecule has 11 N–H and O–H groups in total. The molecular weight excluding hydrogens is 368 g/mol. The van der Waals surface area contributed by atoms with E-state index >= 15 is 0 Å². The third kappa shape index (κ3) is 8.80. The molecule has 154 valence electrons. The van der Waals surface area contributed by atoms with Gasteiger partial charge in [-0.2, -0.15) is 0 Å². The van der Waals surface area contributed by atoms with Gasteiger partial charge in [-0.25, -0.2) is 9.59 Å². The van der Waals surface area contributed by atoms with E-state index in [4.69, 9.17) is 16.6 Å². The van der Waals surface area contributed by atoms with E-state index in [0.29, 0.717) is 0 Å². The molecule has 14 nitrogen and oxygen atoms in total. The van der Waals surface area contributed by atoms with Gasteiger partial charge < -0.3 is 37.4 Å². The number of primary amides is 1. The summed E-state index contributed by atoms with van der Waals surface area (Å²) < 4.78 is 0. The number of aliphatic hydroxyl groups excluding tert-OH is 2. The number of carbonyl (C=O) groups is 5. The second kappa shape index (κ2) is 10.9. The van der Waals surface area contributed by atoms with E-state index in [1.54, 1.807) is 0 Å². The zero-order valence-corrected chi connectivity index (χ0v) is 14.6. The van der Waals surface area contributed by atoms with Crippen LogP contribution in [0.1, 0.15) is 20.3 Å². The predicted octanol–water partition coefficient (Wildman–Crippen LogP) is -4.78. The number of carbonyl (C=O) groups excluding carboxylic acids is 4. The zero-order valence-electron chi connectivity index (χ0n) is 14.6. The maximum absolute atomic E-state index is 12.0. The van der Waals surface area contributed by atoms with Gasteiger partial charge in [-0.1, -0.05) is 0 Å². The Labute approximate surface area is 153 Å². The van der Waals surface area contributed by atoms with Crippen molar-refractivity contribution in [2.24, 2.45) is 11.5 Å². The molecule has 14 heteroatoms. The first-order valence-corrected chi connectivity index (χ1v) is 7.66. The predicted molar refractivity (Wildman–Crippen MR) is 88.3 cm³/mol. The highest BCUT2D eigenvalue weighted by atomic mass is 16.4. The minimum Gasteiger partial charge on any atom is -0.480 e. The fourth-order valence-corrected chi connectivity index (χ4v) is 1.65. The lowest BCUT2D eigenvalue weighted by Crippen LogP contribution is -2.59. The minimum atomic E-state index is -1.67. The number of carboxylic acid groups (broad SMARTS) is 1. The third-order valence-electron chi connectivity index (χ3n) is 3.19. The van der Waals surface area contributed by atoms with Crippen LogP contribution in [0.5, 0.6) is 0 Å². The Morgan fingerprint density at radius 3 is 1.85 bits per heavy atom. The van der Waals surface area contributed by atoms with Gasteiger partial charge in [0.25, 0.3) is 11.8 Å². The van der Waals surface area contributed by atoms with Gasteiger partial charge in [0.15, 0.2) is 6.04 Å². The summed E-state index contributed by atoms with van der Waals surface area (Å²) in [5.74, 6) is -4.53. The van der Waals surface area contributed by atoms with Crippen molar-refractivity contribution in [1.29, 1.82) is 0 Å². The van der Waals surface area contributed by atoms with Gasteiger partial charge in [-0.15, -0.1) is 0 Å². The molecule has 0 aromatic carbocycles. The number of urea groups is 1. The molecule has 0 saturated carbocycles. The van der Waals surface area contributed by atoms with Crippen molar-refractivity contribution in [2.75, 3.05) is 0 Å². The minimum absolute atomic E-state index is 0.677. The fraction of sp³-hybridized carbons (Fsp3) is 0.615. The molecule has 0 bridgehead atoms. The van der Waals surface area contributed by atoms with E-state index in [1.807, 2.05) is 21.5 Å². The van der Waals surface area contributed by atoms with Crippen LogP contribution in [0.15, 0.2) is 0 Å². The molecule has 27 heavy (non-hydrogen) atoms. The van der Waals surface area contributed by atoms with Crippen LogP contribution >= 0.6 is 0 Å². The van der Waals surface area contributed by atoms with Gasteiger partial charge in [0, 0.05) is 0 Å². The Bertz CT molecular complexity index is 581. The van der Waals surface area contributed by atoms with Gasteiger partial charge in [0.05, 0.1) is 18.6 Å². The van der Waals surface area contributed by atoms with E-state index in [0.717, 1.165) is 6.92 Å². The molecule has 0 rings (SSSR count). The Kier molecular flexibility index (Phi) is 9.70. The summed E-state index contributed by atoms with van der Waals surface area (Å²) in [5, 5.41) is 31.3. The second-order valence-corrected chi connectivity index (χ2v) is 5.64. The number of hydrogen-bond donors (Lipinski definition) is 9. The summed E-state index contributed by atoms with van der Waals surface area (Å²) in [6.45, 7) is 2.36. The summed E-state index contributed by atoms with van der Waals surface area (Å²) in [6.07, 6.45) is -3.33. The molecule has 0 aliphatic rings. The van der Waals surface area contributed by atoms with Crippen LogP contribution in [0, 0.1) is 0 Å². The van der Waals surface area contributed by atoms with Crippen LogP contribution in [0.2, 0.25) is 0 Å². The fourth-order valence-electron chi connectivity index (χ4n) is 1.65. The number of hydrogen-bond acceptors (Lipinski definition) is 8. The number of amides is 5. The van der Waals surface area contributed by atoms with E-state index in [1.165, 1.54) is 6.92 Å². The Balaban J connectivity index is 4.93. The van der Waals surface area contributed by atoms with Crippen LogP contribution in [-0.2, 0) is 19.2 Å². The Morgan fingerprint density at radius 2 is 1.44 bits per heavy atom. The number of hydrazine groups is 1. The maximum Gasteiger partial charge on any atom is 0.328 e. The highest BCUT2D eigenvalue weighted by Gasteiger charge is 2.29. The van der Waals surface area contributed by atoms with Crippen LogP contribution in [0.25, 0.3) is 0 Å². The highest BCUT2D eigenvalue weighted by molar-refractivity contribution is 5.93. The van der Waals surface area contributed by atoms with E-state index in [-0.39, 0.29) is 0 Å². The first-order valence-electron chi connectivity index (χ1n) is 7.66. The Morgan fingerprint density at radius 1 is 0.926 bits per heavy atom. The molecule has 0 fully saturated rings. The standard InChI is InChI=1S/C13H24N6O8/c1-4(20)8(15)11(24)19-18-10(23)6(3-7(14)22)16-13(27)17-9(5(2)21)12(25)26/h4-6,8-9,20-21H,3,15H2,1-2H3,(H2,14,22)(H,18,23)(H,19,24)(H,25,26)(H2,16,17,27)/t4?,5?,6-,8-,9-/m0/s1. The summed E-state index contributed by atoms with van der Waals surface area (Å²) in [4.78, 5) is 57.4. The molecule has 0 aliphatic carbocycles. The third-order valence-corrected chi connectivity index (χ3v) is 3.19. The van der Waals surface area contributed by atoms with Gasteiger partial charge in [-0.05, 0) is 13.8 Å². The van der Waals surface area contributed by atoms with E-state index < -0.39 is 66.5 Å². The second-order valence-electron chi connectivity index (χ2n) is 5.64. The molecule has 2 unspecified atom stereocenters. The maximum atomic E-state index is 12.0. The molecule has 0 spiro atoms. The normalized spacial score (nSPS) is 16.0. The summed E-state index contributed by atoms with van der Waals surface area (Å²) in [6, 6.07) is -5.78. The molecule has 0 heterocycles. The molecule has 0 aromatic heterocycles. The molecule has 0 radical (unpaired) electrons. The van der Waals surface area contributed by atoms with Crippen molar-refractivity contribution in [1.82, 2.24) is 21.5 Å². The van der Waals surface area contributed by atoms with Crippen LogP contribution in [0.4, 0.5) is 4.79 Å². The number of carboxylic acids is 1. The average molecular weight is 392 g/mol. The first kappa shape index (κ1) is 24.0. The lowest BCUT2D eigenvalue weighted by Gasteiger charge is -2.22. The van der Waals surface area contributed by atoms with Gasteiger partial charge >= 0.3 is 12.0 Å². The molecule has 5 atom stereocenters. The van der Waals surface area contributed by atoms with Crippen LogP contribution in [0.3, 0.4) is 0 Å². The van der Waals surface area contributed by atoms with Crippen molar-refractivity contribution >= 4 is 29.7 Å². The monoisotopic (exact) mass is 392 g/mol. The smallest absolute Gasteiger partial charge is 0.328 e. The summed E-state index contributed by atoms with van der Waals surface area (Å²) in [5.41, 5.74) is 14.1. The zero-order chi connectivity index (χ0) is 21.3. The van der Waals surface area contributed by atoms with Gasteiger partial charge in [0.2, 0.25) is 5.91 Å². The SMILES string of the molecule is CC(O)[C@H](N)C(=O)NNC(=O)[C@H](CC(N)=O)NC(=O)N[C@H](C(=O)O)C(C)O. The lowest BCUT2D eigenvalue weighted by molar-refractivity contribution is -0.141. The van der Waals surface area contributed by atoms with Crippen molar-refractivity contribution in [3.05, 3.63) is 0 Å². The quantitative estimate of drug-likeness (QED) is 0.171. The highest BCUT2D eigenvalue weighted by Crippen LogP contribution is 1.96. The largest absolute Gasteiger partial charge is 0.480 e. The number of rotatable bonds is 9. The topological polar surface area (TPSA) is 246 Å². The van der Waals surface area contributed by atoms with Crippen molar-refractivity contribution in [3.63, 3.8) is 0 Å². The molecule has 5 amide bonds. The van der Waals surface area contributed by atoms with Crippen molar-refractivity contribution < 1.29 is 39.3 Å². The van der Waals surface area contributed by atoms with Crippen LogP contribution < -0.4 is 33.0 Å². The van der Waals surface area contributed by atoms with E-state index in [2.05, 4.69) is 0 Å². The van der Waals surface area contributed by atoms with Crippen LogP contribution in [-0.4, -0.2) is 75.4 Å². The lowest BCUT2D eigenvalue weighted by atomic mass is 10.1. The summed E-state index contributed by atoms with van der Waals surface area (Å²) >= 11 is 0. The van der Waals surface area contributed by atoms with Crippen molar-refractivity contribution in [3.8, 4) is 0 Å².